The van der Waals surface area contributed by atoms with Crippen LogP contribution in [0.25, 0.3) is 0 Å². The van der Waals surface area contributed by atoms with Crippen LogP contribution in [0.2, 0.25) is 0 Å². The highest BCUT2D eigenvalue weighted by Crippen LogP contribution is 2.37. The first kappa shape index (κ1) is 11.0. The van der Waals surface area contributed by atoms with Crippen molar-refractivity contribution in [2.75, 3.05) is 0 Å². The van der Waals surface area contributed by atoms with E-state index in [0.717, 1.165) is 5.92 Å². The van der Waals surface area contributed by atoms with Crippen LogP contribution in [-0.2, 0) is 0 Å². The summed E-state index contributed by atoms with van der Waals surface area (Å²) in [5.41, 5.74) is 1.45. The van der Waals surface area contributed by atoms with E-state index in [1.54, 1.807) is 0 Å². The van der Waals surface area contributed by atoms with Crippen molar-refractivity contribution >= 4 is 11.6 Å². The van der Waals surface area contributed by atoms with Crippen LogP contribution in [0.3, 0.4) is 0 Å². The molecule has 0 heterocycles. The zero-order valence-corrected chi connectivity index (χ0v) is 10.1. The van der Waals surface area contributed by atoms with E-state index in [2.05, 4.69) is 37.3 Å². The summed E-state index contributed by atoms with van der Waals surface area (Å²) in [5.74, 6) is 1.39. The lowest BCUT2D eigenvalue weighted by Crippen LogP contribution is -2.10. The van der Waals surface area contributed by atoms with Crippen molar-refractivity contribution < 1.29 is 0 Å². The van der Waals surface area contributed by atoms with Crippen molar-refractivity contribution in [3.63, 3.8) is 0 Å². The largest absolute Gasteiger partial charge is 0.123 e. The molecule has 1 aromatic rings. The predicted octanol–water partition coefficient (Wildman–Crippen LogP) is 4.59. The molecule has 1 saturated carbocycles. The second-order valence-corrected chi connectivity index (χ2v) is 5.31. The maximum Gasteiger partial charge on any atom is 0.0364 e. The van der Waals surface area contributed by atoms with Crippen molar-refractivity contribution in [3.8, 4) is 0 Å². The van der Waals surface area contributed by atoms with Crippen molar-refractivity contribution in [2.24, 2.45) is 5.92 Å². The molecule has 15 heavy (non-hydrogen) atoms. The number of hydrogen-bond acceptors (Lipinski definition) is 0. The molecule has 1 aromatic carbocycles. The normalized spacial score (nSPS) is 27.9. The Hall–Kier alpha value is -0.490. The molecule has 1 fully saturated rings. The van der Waals surface area contributed by atoms with Gasteiger partial charge in [0.05, 0.1) is 0 Å². The van der Waals surface area contributed by atoms with Crippen molar-refractivity contribution in [1.82, 2.24) is 0 Å². The average Bonchev–Trinajstić information content (AvgIpc) is 2.66. The fraction of sp³-hybridized carbons (Fsp3) is 0.571. The second kappa shape index (κ2) is 5.03. The zero-order valence-electron chi connectivity index (χ0n) is 9.33. The highest BCUT2D eigenvalue weighted by atomic mass is 35.5. The Balaban J connectivity index is 1.95. The molecule has 0 bridgehead atoms. The lowest BCUT2D eigenvalue weighted by molar-refractivity contribution is 0.465. The van der Waals surface area contributed by atoms with E-state index in [1.807, 2.05) is 0 Å². The van der Waals surface area contributed by atoms with E-state index in [4.69, 9.17) is 11.6 Å². The van der Waals surface area contributed by atoms with E-state index in [1.165, 1.54) is 31.2 Å². The molecule has 0 amide bonds. The van der Waals surface area contributed by atoms with Gasteiger partial charge in [-0.1, -0.05) is 43.7 Å². The number of hydrogen-bond donors (Lipinski definition) is 0. The Morgan fingerprint density at radius 1 is 1.27 bits per heavy atom. The SMILES string of the molecule is CC(CC1CCCC1Cl)c1ccccc1. The maximum atomic E-state index is 6.31. The smallest absolute Gasteiger partial charge is 0.0364 e. The van der Waals surface area contributed by atoms with Gasteiger partial charge in [0, 0.05) is 5.38 Å². The van der Waals surface area contributed by atoms with E-state index in [-0.39, 0.29) is 0 Å². The maximum absolute atomic E-state index is 6.31. The van der Waals surface area contributed by atoms with Crippen LogP contribution in [0.5, 0.6) is 0 Å². The van der Waals surface area contributed by atoms with Gasteiger partial charge in [0.1, 0.15) is 0 Å². The monoisotopic (exact) mass is 222 g/mol. The van der Waals surface area contributed by atoms with Gasteiger partial charge >= 0.3 is 0 Å². The molecule has 1 heteroatoms. The van der Waals surface area contributed by atoms with Gasteiger partial charge in [0.2, 0.25) is 0 Å². The van der Waals surface area contributed by atoms with Crippen molar-refractivity contribution in [2.45, 2.75) is 43.9 Å². The summed E-state index contributed by atoms with van der Waals surface area (Å²) in [6, 6.07) is 10.8. The molecule has 0 saturated heterocycles. The molecule has 0 spiro atoms. The van der Waals surface area contributed by atoms with Crippen LogP contribution in [0.4, 0.5) is 0 Å². The van der Waals surface area contributed by atoms with Gasteiger partial charge in [0.15, 0.2) is 0 Å². The minimum atomic E-state index is 0.427. The van der Waals surface area contributed by atoms with Gasteiger partial charge in [-0.25, -0.2) is 0 Å². The predicted molar refractivity (Wildman–Crippen MR) is 66.5 cm³/mol. The fourth-order valence-corrected chi connectivity index (χ4v) is 3.01. The number of halogens is 1. The Bertz CT molecular complexity index is 293. The molecule has 0 radical (unpaired) electrons. The summed E-state index contributed by atoms with van der Waals surface area (Å²) < 4.78 is 0. The molecule has 2 rings (SSSR count). The van der Waals surface area contributed by atoms with Crippen LogP contribution in [0, 0.1) is 5.92 Å². The molecule has 0 aliphatic heterocycles. The van der Waals surface area contributed by atoms with Crippen molar-refractivity contribution in [3.05, 3.63) is 35.9 Å². The summed E-state index contributed by atoms with van der Waals surface area (Å²) >= 11 is 6.31. The zero-order chi connectivity index (χ0) is 10.7. The van der Waals surface area contributed by atoms with Crippen LogP contribution in [-0.4, -0.2) is 5.38 Å². The van der Waals surface area contributed by atoms with Crippen LogP contribution in [0.1, 0.15) is 44.1 Å². The average molecular weight is 223 g/mol. The van der Waals surface area contributed by atoms with Crippen LogP contribution >= 0.6 is 11.6 Å². The molecule has 1 aliphatic rings. The first-order valence-corrected chi connectivity index (χ1v) is 6.40. The van der Waals surface area contributed by atoms with Crippen molar-refractivity contribution in [1.29, 1.82) is 0 Å². The van der Waals surface area contributed by atoms with Gasteiger partial charge < -0.3 is 0 Å². The molecule has 0 N–H and O–H groups in total. The minimum absolute atomic E-state index is 0.427. The molecule has 0 aromatic heterocycles. The fourth-order valence-electron chi connectivity index (χ4n) is 2.63. The number of rotatable bonds is 3. The third-order valence-corrected chi connectivity index (χ3v) is 4.17. The second-order valence-electron chi connectivity index (χ2n) is 4.75. The third kappa shape index (κ3) is 2.75. The quantitative estimate of drug-likeness (QED) is 0.657. The van der Waals surface area contributed by atoms with Gasteiger partial charge in [-0.2, -0.15) is 0 Å². The van der Waals surface area contributed by atoms with Gasteiger partial charge in [0.25, 0.3) is 0 Å². The van der Waals surface area contributed by atoms with Gasteiger partial charge in [-0.3, -0.25) is 0 Å². The summed E-state index contributed by atoms with van der Waals surface area (Å²) in [7, 11) is 0. The third-order valence-electron chi connectivity index (χ3n) is 3.59. The van der Waals surface area contributed by atoms with Crippen LogP contribution < -0.4 is 0 Å². The Kier molecular flexibility index (Phi) is 3.69. The topological polar surface area (TPSA) is 0 Å². The molecule has 3 atom stereocenters. The lowest BCUT2D eigenvalue weighted by atomic mass is 9.89. The van der Waals surface area contributed by atoms with Gasteiger partial charge in [-0.15, -0.1) is 11.6 Å². The number of benzene rings is 1. The molecule has 82 valence electrons. The first-order valence-electron chi connectivity index (χ1n) is 5.96. The lowest BCUT2D eigenvalue weighted by Gasteiger charge is -2.19. The highest BCUT2D eigenvalue weighted by Gasteiger charge is 2.26. The summed E-state index contributed by atoms with van der Waals surface area (Å²) in [6.45, 7) is 2.32. The standard InChI is InChI=1S/C14H19Cl/c1-11(12-6-3-2-4-7-12)10-13-8-5-9-14(13)15/h2-4,6-7,11,13-14H,5,8-10H2,1H3. The van der Waals surface area contributed by atoms with Gasteiger partial charge in [-0.05, 0) is 36.7 Å². The molecule has 0 nitrogen and oxygen atoms in total. The Morgan fingerprint density at radius 2 is 2.00 bits per heavy atom. The highest BCUT2D eigenvalue weighted by molar-refractivity contribution is 6.20. The molecular formula is C14H19Cl. The van der Waals surface area contributed by atoms with Crippen LogP contribution in [0.15, 0.2) is 30.3 Å². The van der Waals surface area contributed by atoms with E-state index in [0.29, 0.717) is 11.3 Å². The first-order chi connectivity index (χ1) is 7.27. The summed E-state index contributed by atoms with van der Waals surface area (Å²) in [4.78, 5) is 0. The van der Waals surface area contributed by atoms with E-state index in [9.17, 15) is 0 Å². The Morgan fingerprint density at radius 3 is 2.60 bits per heavy atom. The Labute approximate surface area is 97.6 Å². The molecule has 1 aliphatic carbocycles. The molecular weight excluding hydrogens is 204 g/mol. The molecule has 3 unspecified atom stereocenters. The summed E-state index contributed by atoms with van der Waals surface area (Å²) in [6.07, 6.45) is 5.11. The number of alkyl halides is 1. The van der Waals surface area contributed by atoms with E-state index >= 15 is 0 Å². The summed E-state index contributed by atoms with van der Waals surface area (Å²) in [5, 5.41) is 0.427. The van der Waals surface area contributed by atoms with E-state index < -0.39 is 0 Å². The minimum Gasteiger partial charge on any atom is -0.123 e.